The summed E-state index contributed by atoms with van der Waals surface area (Å²) >= 11 is 0. The van der Waals surface area contributed by atoms with Crippen molar-refractivity contribution in [3.05, 3.63) is 23.9 Å². The van der Waals surface area contributed by atoms with E-state index in [2.05, 4.69) is 4.98 Å². The molecule has 0 unspecified atom stereocenters. The number of pyridine rings is 1. The number of hydrazine groups is 1. The first-order valence-corrected chi connectivity index (χ1v) is 7.10. The van der Waals surface area contributed by atoms with Crippen LogP contribution in [0.25, 0.3) is 0 Å². The van der Waals surface area contributed by atoms with Crippen LogP contribution in [0.15, 0.2) is 18.3 Å². The molecule has 2 heterocycles. The summed E-state index contributed by atoms with van der Waals surface area (Å²) in [5, 5.41) is 3.66. The van der Waals surface area contributed by atoms with Gasteiger partial charge in [0.05, 0.1) is 5.56 Å². The number of carbonyl (C=O) groups is 2. The Bertz CT molecular complexity index is 509. The van der Waals surface area contributed by atoms with Gasteiger partial charge < -0.3 is 11.5 Å². The van der Waals surface area contributed by atoms with Crippen molar-refractivity contribution >= 4 is 17.6 Å². The quantitative estimate of drug-likeness (QED) is 0.826. The van der Waals surface area contributed by atoms with Crippen molar-refractivity contribution in [3.8, 4) is 0 Å². The maximum absolute atomic E-state index is 12.5. The normalized spacial score (nSPS) is 16.6. The molecule has 1 saturated heterocycles. The molecule has 4 N–H and O–H groups in total. The Morgan fingerprint density at radius 3 is 2.52 bits per heavy atom. The third-order valence-corrected chi connectivity index (χ3v) is 3.78. The second-order valence-corrected chi connectivity index (χ2v) is 5.12. The average Bonchev–Trinajstić information content (AvgIpc) is 2.49. The van der Waals surface area contributed by atoms with E-state index in [9.17, 15) is 9.59 Å². The van der Waals surface area contributed by atoms with Crippen LogP contribution in [-0.2, 0) is 4.79 Å². The standard InChI is InChI=1S/C14H21N5O2/c1-2-19(14(21)11-3-4-12(15)17-9-11)18-7-5-10(6-8-18)13(16)20/h3-4,9-10H,2,5-8H2,1H3,(H2,15,17)(H2,16,20). The molecule has 0 atom stereocenters. The van der Waals surface area contributed by atoms with Gasteiger partial charge in [-0.15, -0.1) is 0 Å². The number of primary amides is 1. The van der Waals surface area contributed by atoms with Gasteiger partial charge in [0.2, 0.25) is 5.91 Å². The molecule has 114 valence electrons. The van der Waals surface area contributed by atoms with E-state index in [1.54, 1.807) is 17.1 Å². The Balaban J connectivity index is 2.04. The molecule has 2 amide bonds. The van der Waals surface area contributed by atoms with Crippen molar-refractivity contribution in [2.75, 3.05) is 25.4 Å². The zero-order valence-corrected chi connectivity index (χ0v) is 12.2. The van der Waals surface area contributed by atoms with E-state index in [4.69, 9.17) is 11.5 Å². The third kappa shape index (κ3) is 3.49. The highest BCUT2D eigenvalue weighted by atomic mass is 16.2. The first kappa shape index (κ1) is 15.2. The topological polar surface area (TPSA) is 106 Å². The highest BCUT2D eigenvalue weighted by Crippen LogP contribution is 2.19. The number of rotatable bonds is 4. The van der Waals surface area contributed by atoms with Gasteiger partial charge in [-0.2, -0.15) is 0 Å². The summed E-state index contributed by atoms with van der Waals surface area (Å²) in [7, 11) is 0. The van der Waals surface area contributed by atoms with Crippen LogP contribution >= 0.6 is 0 Å². The van der Waals surface area contributed by atoms with Gasteiger partial charge in [-0.05, 0) is 31.9 Å². The molecule has 1 aliphatic heterocycles. The molecular formula is C14H21N5O2. The van der Waals surface area contributed by atoms with Gasteiger partial charge in [-0.1, -0.05) is 0 Å². The monoisotopic (exact) mass is 291 g/mol. The molecule has 0 aliphatic carbocycles. The molecule has 1 aliphatic rings. The van der Waals surface area contributed by atoms with Crippen LogP contribution < -0.4 is 11.5 Å². The van der Waals surface area contributed by atoms with E-state index in [0.717, 1.165) is 0 Å². The molecule has 21 heavy (non-hydrogen) atoms. The number of aromatic nitrogens is 1. The first-order valence-electron chi connectivity index (χ1n) is 7.10. The summed E-state index contributed by atoms with van der Waals surface area (Å²) in [4.78, 5) is 27.7. The summed E-state index contributed by atoms with van der Waals surface area (Å²) < 4.78 is 0. The number of hydrogen-bond donors (Lipinski definition) is 2. The maximum atomic E-state index is 12.5. The average molecular weight is 291 g/mol. The van der Waals surface area contributed by atoms with Crippen LogP contribution in [0.3, 0.4) is 0 Å². The lowest BCUT2D eigenvalue weighted by Crippen LogP contribution is -2.51. The first-order chi connectivity index (χ1) is 10.0. The van der Waals surface area contributed by atoms with Gasteiger partial charge in [0.25, 0.3) is 5.91 Å². The Morgan fingerprint density at radius 2 is 2.05 bits per heavy atom. The molecule has 1 aromatic rings. The number of amides is 2. The van der Waals surface area contributed by atoms with Crippen LogP contribution in [0.2, 0.25) is 0 Å². The molecule has 7 heteroatoms. The Labute approximate surface area is 123 Å². The van der Waals surface area contributed by atoms with Gasteiger partial charge in [-0.3, -0.25) is 14.6 Å². The predicted octanol–water partition coefficient (Wildman–Crippen LogP) is 0.238. The minimum Gasteiger partial charge on any atom is -0.384 e. The zero-order chi connectivity index (χ0) is 15.4. The van der Waals surface area contributed by atoms with Crippen LogP contribution in [0.4, 0.5) is 5.82 Å². The van der Waals surface area contributed by atoms with Crippen molar-refractivity contribution in [2.24, 2.45) is 11.7 Å². The summed E-state index contributed by atoms with van der Waals surface area (Å²) in [6.45, 7) is 3.78. The van der Waals surface area contributed by atoms with Gasteiger partial charge in [0.1, 0.15) is 5.82 Å². The Hall–Kier alpha value is -2.15. The fourth-order valence-corrected chi connectivity index (χ4v) is 2.54. The van der Waals surface area contributed by atoms with Crippen molar-refractivity contribution in [1.29, 1.82) is 0 Å². The Morgan fingerprint density at radius 1 is 1.38 bits per heavy atom. The van der Waals surface area contributed by atoms with Gasteiger partial charge in [0, 0.05) is 31.7 Å². The number of anilines is 1. The molecule has 0 saturated carbocycles. The number of nitrogens with two attached hydrogens (primary N) is 2. The van der Waals surface area contributed by atoms with E-state index in [-0.39, 0.29) is 17.7 Å². The van der Waals surface area contributed by atoms with Gasteiger partial charge in [-0.25, -0.2) is 9.99 Å². The molecule has 0 bridgehead atoms. The summed E-state index contributed by atoms with van der Waals surface area (Å²) in [5.41, 5.74) is 11.4. The number of nitrogens with zero attached hydrogens (tertiary/aromatic N) is 3. The van der Waals surface area contributed by atoms with E-state index in [0.29, 0.717) is 43.9 Å². The molecule has 2 rings (SSSR count). The highest BCUT2D eigenvalue weighted by molar-refractivity contribution is 5.93. The lowest BCUT2D eigenvalue weighted by atomic mass is 9.97. The fourth-order valence-electron chi connectivity index (χ4n) is 2.54. The largest absolute Gasteiger partial charge is 0.384 e. The van der Waals surface area contributed by atoms with E-state index < -0.39 is 0 Å². The smallest absolute Gasteiger partial charge is 0.269 e. The maximum Gasteiger partial charge on any atom is 0.269 e. The van der Waals surface area contributed by atoms with E-state index in [1.807, 2.05) is 11.9 Å². The van der Waals surface area contributed by atoms with Crippen molar-refractivity contribution < 1.29 is 9.59 Å². The lowest BCUT2D eigenvalue weighted by molar-refractivity contribution is -0.124. The number of hydrogen-bond acceptors (Lipinski definition) is 5. The second-order valence-electron chi connectivity index (χ2n) is 5.12. The zero-order valence-electron chi connectivity index (χ0n) is 12.2. The molecule has 0 spiro atoms. The number of carbonyl (C=O) groups excluding carboxylic acids is 2. The van der Waals surface area contributed by atoms with Crippen LogP contribution in [0.5, 0.6) is 0 Å². The molecular weight excluding hydrogens is 270 g/mol. The number of nitrogen functional groups attached to an aromatic ring is 1. The summed E-state index contributed by atoms with van der Waals surface area (Å²) in [6, 6.07) is 3.28. The van der Waals surface area contributed by atoms with Crippen LogP contribution in [-0.4, -0.2) is 46.5 Å². The van der Waals surface area contributed by atoms with Gasteiger partial charge >= 0.3 is 0 Å². The molecule has 0 aromatic carbocycles. The molecule has 1 aromatic heterocycles. The molecule has 0 radical (unpaired) electrons. The molecule has 7 nitrogen and oxygen atoms in total. The summed E-state index contributed by atoms with van der Waals surface area (Å²) in [5.74, 6) is -0.0700. The minimum absolute atomic E-state index is 0.0896. The van der Waals surface area contributed by atoms with Crippen molar-refractivity contribution in [3.63, 3.8) is 0 Å². The Kier molecular flexibility index (Phi) is 4.74. The SMILES string of the molecule is CCN(C(=O)c1ccc(N)nc1)N1CCC(C(N)=O)CC1. The lowest BCUT2D eigenvalue weighted by Gasteiger charge is -2.38. The van der Waals surface area contributed by atoms with E-state index >= 15 is 0 Å². The summed E-state index contributed by atoms with van der Waals surface area (Å²) in [6.07, 6.45) is 2.84. The minimum atomic E-state index is -0.258. The fraction of sp³-hybridized carbons (Fsp3) is 0.500. The van der Waals surface area contributed by atoms with Crippen LogP contribution in [0, 0.1) is 5.92 Å². The second kappa shape index (κ2) is 6.53. The molecule has 1 fully saturated rings. The van der Waals surface area contributed by atoms with Crippen molar-refractivity contribution in [2.45, 2.75) is 19.8 Å². The number of piperidine rings is 1. The third-order valence-electron chi connectivity index (χ3n) is 3.78. The van der Waals surface area contributed by atoms with Gasteiger partial charge in [0.15, 0.2) is 0 Å². The van der Waals surface area contributed by atoms with Crippen LogP contribution in [0.1, 0.15) is 30.1 Å². The highest BCUT2D eigenvalue weighted by Gasteiger charge is 2.28. The van der Waals surface area contributed by atoms with Crippen molar-refractivity contribution in [1.82, 2.24) is 15.0 Å². The predicted molar refractivity (Wildman–Crippen MR) is 78.9 cm³/mol. The van der Waals surface area contributed by atoms with E-state index in [1.165, 1.54) is 6.20 Å².